The summed E-state index contributed by atoms with van der Waals surface area (Å²) in [5.74, 6) is 0.612. The zero-order valence-electron chi connectivity index (χ0n) is 15.7. The number of hydrogen-bond acceptors (Lipinski definition) is 7. The molecule has 2 heterocycles. The van der Waals surface area contributed by atoms with E-state index in [-0.39, 0.29) is 12.3 Å². The van der Waals surface area contributed by atoms with Crippen LogP contribution in [0.1, 0.15) is 21.7 Å². The van der Waals surface area contributed by atoms with Gasteiger partial charge in [0.2, 0.25) is 5.89 Å². The predicted octanol–water partition coefficient (Wildman–Crippen LogP) is 3.35. The maximum Gasteiger partial charge on any atom is 0.360 e. The fourth-order valence-electron chi connectivity index (χ4n) is 2.69. The van der Waals surface area contributed by atoms with Crippen LogP contribution in [0.4, 0.5) is 0 Å². The van der Waals surface area contributed by atoms with Crippen LogP contribution in [-0.2, 0) is 17.9 Å². The number of rotatable bonds is 7. The van der Waals surface area contributed by atoms with Gasteiger partial charge in [-0.25, -0.2) is 14.5 Å². The summed E-state index contributed by atoms with van der Waals surface area (Å²) in [6.07, 6.45) is 3.01. The van der Waals surface area contributed by atoms with Crippen LogP contribution >= 0.6 is 0 Å². The Bertz CT molecular complexity index is 1090. The van der Waals surface area contributed by atoms with Gasteiger partial charge in [0.15, 0.2) is 5.69 Å². The second-order valence-electron chi connectivity index (χ2n) is 6.24. The molecule has 0 amide bonds. The van der Waals surface area contributed by atoms with Crippen LogP contribution in [0.15, 0.2) is 71.5 Å². The highest BCUT2D eigenvalue weighted by atomic mass is 16.5. The molecule has 2 aromatic heterocycles. The summed E-state index contributed by atoms with van der Waals surface area (Å²) in [7, 11) is 1.60. The van der Waals surface area contributed by atoms with Crippen LogP contribution in [-0.4, -0.2) is 33.1 Å². The maximum absolute atomic E-state index is 12.2. The standard InChI is InChI=1S/C21H18N4O4/c1-27-18-9-7-16(8-10-18)20-22-17(13-28-20)14-29-21(26)19-12-25(24-23-19)11-15-5-3-2-4-6-15/h2-10,12-13H,11,14H2,1H3. The van der Waals surface area contributed by atoms with Gasteiger partial charge in [-0.2, -0.15) is 0 Å². The van der Waals surface area contributed by atoms with Crippen LogP contribution in [0, 0.1) is 0 Å². The fraction of sp³-hybridized carbons (Fsp3) is 0.143. The molecule has 0 atom stereocenters. The normalized spacial score (nSPS) is 10.7. The van der Waals surface area contributed by atoms with Crippen LogP contribution in [0.5, 0.6) is 5.75 Å². The summed E-state index contributed by atoms with van der Waals surface area (Å²) in [6.45, 7) is 0.500. The number of ether oxygens (including phenoxy) is 2. The third-order valence-electron chi connectivity index (χ3n) is 4.18. The van der Waals surface area contributed by atoms with E-state index in [1.807, 2.05) is 54.6 Å². The van der Waals surface area contributed by atoms with E-state index in [1.165, 1.54) is 6.26 Å². The first-order valence-electron chi connectivity index (χ1n) is 8.91. The Hall–Kier alpha value is -3.94. The number of esters is 1. The number of nitrogens with zero attached hydrogens (tertiary/aromatic N) is 4. The molecule has 4 aromatic rings. The van der Waals surface area contributed by atoms with Crippen molar-refractivity contribution in [3.63, 3.8) is 0 Å². The predicted molar refractivity (Wildman–Crippen MR) is 103 cm³/mol. The number of hydrogen-bond donors (Lipinski definition) is 0. The van der Waals surface area contributed by atoms with Crippen molar-refractivity contribution in [2.24, 2.45) is 0 Å². The SMILES string of the molecule is COc1ccc(-c2nc(COC(=O)c3cn(Cc4ccccc4)nn3)co2)cc1. The molecule has 29 heavy (non-hydrogen) atoms. The molecule has 0 aliphatic carbocycles. The average Bonchev–Trinajstić information content (AvgIpc) is 3.43. The number of aromatic nitrogens is 4. The molecular weight excluding hydrogens is 372 g/mol. The summed E-state index contributed by atoms with van der Waals surface area (Å²) in [5.41, 5.74) is 2.50. The summed E-state index contributed by atoms with van der Waals surface area (Å²) in [5, 5.41) is 7.84. The van der Waals surface area contributed by atoms with Gasteiger partial charge in [0.1, 0.15) is 24.3 Å². The van der Waals surface area contributed by atoms with Crippen molar-refractivity contribution in [1.82, 2.24) is 20.0 Å². The van der Waals surface area contributed by atoms with Crippen molar-refractivity contribution in [2.45, 2.75) is 13.2 Å². The molecule has 4 rings (SSSR count). The Balaban J connectivity index is 1.34. The third-order valence-corrected chi connectivity index (χ3v) is 4.18. The average molecular weight is 390 g/mol. The molecule has 0 N–H and O–H groups in total. The van der Waals surface area contributed by atoms with Gasteiger partial charge in [-0.15, -0.1) is 5.10 Å². The third kappa shape index (κ3) is 4.49. The molecule has 8 nitrogen and oxygen atoms in total. The van der Waals surface area contributed by atoms with Gasteiger partial charge in [-0.05, 0) is 29.8 Å². The number of oxazole rings is 1. The molecule has 0 radical (unpaired) electrons. The molecule has 0 saturated carbocycles. The molecule has 0 unspecified atom stereocenters. The molecule has 0 fully saturated rings. The van der Waals surface area contributed by atoms with Crippen molar-refractivity contribution in [1.29, 1.82) is 0 Å². The zero-order chi connectivity index (χ0) is 20.1. The minimum atomic E-state index is -0.571. The molecule has 0 aliphatic heterocycles. The largest absolute Gasteiger partial charge is 0.497 e. The maximum atomic E-state index is 12.2. The van der Waals surface area contributed by atoms with Crippen molar-refractivity contribution in [3.8, 4) is 17.2 Å². The molecule has 146 valence electrons. The molecule has 0 spiro atoms. The molecular formula is C21H18N4O4. The summed E-state index contributed by atoms with van der Waals surface area (Å²) < 4.78 is 17.4. The Morgan fingerprint density at radius 1 is 1.10 bits per heavy atom. The lowest BCUT2D eigenvalue weighted by atomic mass is 10.2. The van der Waals surface area contributed by atoms with Crippen LogP contribution in [0.2, 0.25) is 0 Å². The highest BCUT2D eigenvalue weighted by molar-refractivity contribution is 5.86. The Morgan fingerprint density at radius 3 is 2.66 bits per heavy atom. The van der Waals surface area contributed by atoms with Crippen molar-refractivity contribution < 1.29 is 18.7 Å². The molecule has 0 saturated heterocycles. The fourth-order valence-corrected chi connectivity index (χ4v) is 2.69. The first kappa shape index (κ1) is 18.4. The topological polar surface area (TPSA) is 92.3 Å². The molecule has 0 bridgehead atoms. The van der Waals surface area contributed by atoms with Gasteiger partial charge in [0, 0.05) is 5.56 Å². The van der Waals surface area contributed by atoms with E-state index in [0.717, 1.165) is 16.9 Å². The summed E-state index contributed by atoms with van der Waals surface area (Å²) in [4.78, 5) is 16.6. The van der Waals surface area contributed by atoms with E-state index in [1.54, 1.807) is 18.0 Å². The van der Waals surface area contributed by atoms with Gasteiger partial charge < -0.3 is 13.9 Å². The molecule has 0 aliphatic rings. The van der Waals surface area contributed by atoms with E-state index in [2.05, 4.69) is 15.3 Å². The Labute approximate surface area is 166 Å². The smallest absolute Gasteiger partial charge is 0.360 e. The van der Waals surface area contributed by atoms with Crippen molar-refractivity contribution >= 4 is 5.97 Å². The minimum Gasteiger partial charge on any atom is -0.497 e. The number of carbonyl (C=O) groups excluding carboxylic acids is 1. The number of benzene rings is 2. The van der Waals surface area contributed by atoms with Gasteiger partial charge in [-0.1, -0.05) is 35.5 Å². The first-order valence-corrected chi connectivity index (χ1v) is 8.91. The van der Waals surface area contributed by atoms with Gasteiger partial charge in [0.05, 0.1) is 19.9 Å². The molecule has 2 aromatic carbocycles. The summed E-state index contributed by atoms with van der Waals surface area (Å²) in [6, 6.07) is 17.1. The lowest BCUT2D eigenvalue weighted by Gasteiger charge is -2.00. The van der Waals surface area contributed by atoms with E-state index in [9.17, 15) is 4.79 Å². The number of carbonyl (C=O) groups is 1. The monoisotopic (exact) mass is 390 g/mol. The highest BCUT2D eigenvalue weighted by Gasteiger charge is 2.14. The lowest BCUT2D eigenvalue weighted by molar-refractivity contribution is 0.0460. The lowest BCUT2D eigenvalue weighted by Crippen LogP contribution is -2.06. The minimum absolute atomic E-state index is 0.0238. The Morgan fingerprint density at radius 2 is 1.90 bits per heavy atom. The number of methoxy groups -OCH3 is 1. The van der Waals surface area contributed by atoms with Crippen LogP contribution < -0.4 is 4.74 Å². The first-order chi connectivity index (χ1) is 14.2. The van der Waals surface area contributed by atoms with Crippen molar-refractivity contribution in [2.75, 3.05) is 7.11 Å². The second kappa shape index (κ2) is 8.39. The van der Waals surface area contributed by atoms with E-state index >= 15 is 0 Å². The quantitative estimate of drug-likeness (QED) is 0.447. The second-order valence-corrected chi connectivity index (χ2v) is 6.24. The van der Waals surface area contributed by atoms with Gasteiger partial charge >= 0.3 is 5.97 Å². The van der Waals surface area contributed by atoms with Crippen LogP contribution in [0.25, 0.3) is 11.5 Å². The zero-order valence-corrected chi connectivity index (χ0v) is 15.7. The Kier molecular flexibility index (Phi) is 5.33. The van der Waals surface area contributed by atoms with E-state index < -0.39 is 5.97 Å². The highest BCUT2D eigenvalue weighted by Crippen LogP contribution is 2.22. The van der Waals surface area contributed by atoms with E-state index in [4.69, 9.17) is 13.9 Å². The van der Waals surface area contributed by atoms with Gasteiger partial charge in [0.25, 0.3) is 0 Å². The van der Waals surface area contributed by atoms with Crippen molar-refractivity contribution in [3.05, 3.63) is 84.0 Å². The van der Waals surface area contributed by atoms with E-state index in [0.29, 0.717) is 18.1 Å². The molecule has 8 heteroatoms. The van der Waals surface area contributed by atoms with Gasteiger partial charge in [-0.3, -0.25) is 0 Å². The summed E-state index contributed by atoms with van der Waals surface area (Å²) >= 11 is 0. The van der Waals surface area contributed by atoms with Crippen LogP contribution in [0.3, 0.4) is 0 Å².